The zero-order chi connectivity index (χ0) is 11.8. The Bertz CT molecular complexity index is 315. The van der Waals surface area contributed by atoms with Gasteiger partial charge in [-0.15, -0.1) is 0 Å². The summed E-state index contributed by atoms with van der Waals surface area (Å²) in [5.41, 5.74) is 2.65. The SMILES string of the molecule is CCc1ccc(OC)c(CCNCCS)c1. The molecule has 0 spiro atoms. The van der Waals surface area contributed by atoms with Gasteiger partial charge in [0.1, 0.15) is 5.75 Å². The number of nitrogens with one attached hydrogen (secondary N) is 1. The highest BCUT2D eigenvalue weighted by molar-refractivity contribution is 7.80. The number of aryl methyl sites for hydroxylation is 1. The van der Waals surface area contributed by atoms with Gasteiger partial charge in [-0.2, -0.15) is 12.6 Å². The van der Waals surface area contributed by atoms with Gasteiger partial charge in [0.15, 0.2) is 0 Å². The molecule has 0 aliphatic heterocycles. The Morgan fingerprint density at radius 1 is 1.31 bits per heavy atom. The van der Waals surface area contributed by atoms with Gasteiger partial charge in [-0.1, -0.05) is 19.1 Å². The van der Waals surface area contributed by atoms with Crippen LogP contribution in [-0.2, 0) is 12.8 Å². The van der Waals surface area contributed by atoms with Crippen molar-refractivity contribution in [1.29, 1.82) is 0 Å². The van der Waals surface area contributed by atoms with Crippen molar-refractivity contribution in [1.82, 2.24) is 5.32 Å². The fraction of sp³-hybridized carbons (Fsp3) is 0.538. The Kier molecular flexibility index (Phi) is 6.34. The monoisotopic (exact) mass is 239 g/mol. The molecule has 0 saturated carbocycles. The fourth-order valence-corrected chi connectivity index (χ4v) is 1.83. The summed E-state index contributed by atoms with van der Waals surface area (Å²) < 4.78 is 5.36. The zero-order valence-electron chi connectivity index (χ0n) is 10.1. The van der Waals surface area contributed by atoms with E-state index < -0.39 is 0 Å². The molecule has 0 bridgehead atoms. The smallest absolute Gasteiger partial charge is 0.122 e. The van der Waals surface area contributed by atoms with Crippen LogP contribution in [0.4, 0.5) is 0 Å². The molecule has 2 nitrogen and oxygen atoms in total. The van der Waals surface area contributed by atoms with E-state index in [0.29, 0.717) is 0 Å². The maximum absolute atomic E-state index is 5.36. The molecule has 1 aromatic carbocycles. The average Bonchev–Trinajstić information content (AvgIpc) is 2.34. The third-order valence-electron chi connectivity index (χ3n) is 2.61. The minimum absolute atomic E-state index is 0.881. The van der Waals surface area contributed by atoms with Gasteiger partial charge >= 0.3 is 0 Å². The number of benzene rings is 1. The molecule has 0 aromatic heterocycles. The Hall–Kier alpha value is -0.670. The summed E-state index contributed by atoms with van der Waals surface area (Å²) in [5, 5.41) is 3.34. The van der Waals surface area contributed by atoms with Crippen LogP contribution in [-0.4, -0.2) is 26.0 Å². The predicted octanol–water partition coefficient (Wildman–Crippen LogP) is 2.32. The lowest BCUT2D eigenvalue weighted by atomic mass is 10.1. The van der Waals surface area contributed by atoms with Crippen LogP contribution in [0.1, 0.15) is 18.1 Å². The Morgan fingerprint density at radius 3 is 2.75 bits per heavy atom. The summed E-state index contributed by atoms with van der Waals surface area (Å²) in [6.07, 6.45) is 2.08. The molecule has 0 aliphatic rings. The maximum atomic E-state index is 5.36. The van der Waals surface area contributed by atoms with E-state index in [4.69, 9.17) is 4.74 Å². The third-order valence-corrected chi connectivity index (χ3v) is 2.84. The highest BCUT2D eigenvalue weighted by atomic mass is 32.1. The van der Waals surface area contributed by atoms with Crippen molar-refractivity contribution >= 4 is 12.6 Å². The van der Waals surface area contributed by atoms with E-state index in [1.807, 2.05) is 0 Å². The van der Waals surface area contributed by atoms with Gasteiger partial charge in [0.25, 0.3) is 0 Å². The van der Waals surface area contributed by atoms with E-state index in [-0.39, 0.29) is 0 Å². The quantitative estimate of drug-likeness (QED) is 0.563. The van der Waals surface area contributed by atoms with Crippen LogP contribution < -0.4 is 10.1 Å². The first-order chi connectivity index (χ1) is 7.81. The van der Waals surface area contributed by atoms with E-state index >= 15 is 0 Å². The van der Waals surface area contributed by atoms with Crippen LogP contribution in [0.5, 0.6) is 5.75 Å². The van der Waals surface area contributed by atoms with E-state index in [1.54, 1.807) is 7.11 Å². The van der Waals surface area contributed by atoms with Crippen molar-refractivity contribution in [3.63, 3.8) is 0 Å². The number of thiol groups is 1. The topological polar surface area (TPSA) is 21.3 Å². The first-order valence-corrected chi connectivity index (χ1v) is 6.42. The second-order valence-corrected chi connectivity index (χ2v) is 4.17. The fourth-order valence-electron chi connectivity index (χ4n) is 1.67. The van der Waals surface area contributed by atoms with Crippen LogP contribution >= 0.6 is 12.6 Å². The first kappa shape index (κ1) is 13.4. The first-order valence-electron chi connectivity index (χ1n) is 5.79. The number of rotatable bonds is 7. The molecule has 0 amide bonds. The molecule has 0 aliphatic carbocycles. The minimum Gasteiger partial charge on any atom is -0.496 e. The lowest BCUT2D eigenvalue weighted by Gasteiger charge is -2.10. The molecule has 0 atom stereocenters. The maximum Gasteiger partial charge on any atom is 0.122 e. The lowest BCUT2D eigenvalue weighted by molar-refractivity contribution is 0.409. The Balaban J connectivity index is 2.60. The molecule has 90 valence electrons. The van der Waals surface area contributed by atoms with E-state index in [0.717, 1.165) is 37.4 Å². The van der Waals surface area contributed by atoms with Crippen LogP contribution in [0.15, 0.2) is 18.2 Å². The highest BCUT2D eigenvalue weighted by Crippen LogP contribution is 2.20. The number of hydrogen-bond acceptors (Lipinski definition) is 3. The van der Waals surface area contributed by atoms with Crippen LogP contribution in [0.3, 0.4) is 0 Å². The van der Waals surface area contributed by atoms with Crippen molar-refractivity contribution in [3.8, 4) is 5.75 Å². The Labute approximate surface area is 104 Å². The summed E-state index contributed by atoms with van der Waals surface area (Å²) in [4.78, 5) is 0. The molecule has 0 radical (unpaired) electrons. The second kappa shape index (κ2) is 7.58. The molecule has 0 fully saturated rings. The van der Waals surface area contributed by atoms with Crippen LogP contribution in [0.2, 0.25) is 0 Å². The van der Waals surface area contributed by atoms with Crippen molar-refractivity contribution in [2.24, 2.45) is 0 Å². The third kappa shape index (κ3) is 4.06. The number of methoxy groups -OCH3 is 1. The second-order valence-electron chi connectivity index (χ2n) is 3.72. The summed E-state index contributed by atoms with van der Waals surface area (Å²) in [6.45, 7) is 4.10. The molecular weight excluding hydrogens is 218 g/mol. The molecular formula is C13H21NOS. The van der Waals surface area contributed by atoms with Gasteiger partial charge in [0, 0.05) is 12.3 Å². The van der Waals surface area contributed by atoms with Gasteiger partial charge in [-0.05, 0) is 36.6 Å². The molecule has 1 rings (SSSR count). The summed E-state index contributed by atoms with van der Waals surface area (Å²) in [5.74, 6) is 1.87. The van der Waals surface area contributed by atoms with E-state index in [9.17, 15) is 0 Å². The molecule has 3 heteroatoms. The van der Waals surface area contributed by atoms with Crippen LogP contribution in [0, 0.1) is 0 Å². The lowest BCUT2D eigenvalue weighted by Crippen LogP contribution is -2.19. The summed E-state index contributed by atoms with van der Waals surface area (Å²) >= 11 is 4.16. The van der Waals surface area contributed by atoms with Gasteiger partial charge in [-0.25, -0.2) is 0 Å². The largest absolute Gasteiger partial charge is 0.496 e. The molecule has 1 aromatic rings. The van der Waals surface area contributed by atoms with Crippen LogP contribution in [0.25, 0.3) is 0 Å². The van der Waals surface area contributed by atoms with Gasteiger partial charge in [0.2, 0.25) is 0 Å². The minimum atomic E-state index is 0.881. The standard InChI is InChI=1S/C13H21NOS/c1-3-11-4-5-13(15-2)12(10-11)6-7-14-8-9-16/h4-5,10,14,16H,3,6-9H2,1-2H3. The molecule has 0 heterocycles. The van der Waals surface area contributed by atoms with Crippen molar-refractivity contribution < 1.29 is 4.74 Å². The van der Waals surface area contributed by atoms with E-state index in [2.05, 4.69) is 43.1 Å². The average molecular weight is 239 g/mol. The molecule has 16 heavy (non-hydrogen) atoms. The van der Waals surface area contributed by atoms with E-state index in [1.165, 1.54) is 11.1 Å². The number of hydrogen-bond donors (Lipinski definition) is 2. The predicted molar refractivity (Wildman–Crippen MR) is 72.8 cm³/mol. The molecule has 0 saturated heterocycles. The summed E-state index contributed by atoms with van der Waals surface area (Å²) in [7, 11) is 1.73. The van der Waals surface area contributed by atoms with Gasteiger partial charge in [0.05, 0.1) is 7.11 Å². The molecule has 0 unspecified atom stereocenters. The normalized spacial score (nSPS) is 10.4. The molecule has 1 N–H and O–H groups in total. The van der Waals surface area contributed by atoms with Crippen molar-refractivity contribution in [3.05, 3.63) is 29.3 Å². The highest BCUT2D eigenvalue weighted by Gasteiger charge is 2.03. The van der Waals surface area contributed by atoms with Gasteiger partial charge < -0.3 is 10.1 Å². The van der Waals surface area contributed by atoms with Crippen molar-refractivity contribution in [2.75, 3.05) is 26.0 Å². The zero-order valence-corrected chi connectivity index (χ0v) is 11.0. The van der Waals surface area contributed by atoms with Gasteiger partial charge in [-0.3, -0.25) is 0 Å². The summed E-state index contributed by atoms with van der Waals surface area (Å²) in [6, 6.07) is 6.43. The Morgan fingerprint density at radius 2 is 2.12 bits per heavy atom. The van der Waals surface area contributed by atoms with Crippen molar-refractivity contribution in [2.45, 2.75) is 19.8 Å². The number of ether oxygens (including phenoxy) is 1.